The largest absolute Gasteiger partial charge is 0.383 e. The van der Waals surface area contributed by atoms with Crippen molar-refractivity contribution in [3.05, 3.63) is 17.3 Å². The molecule has 2 aromatic rings. The van der Waals surface area contributed by atoms with Crippen molar-refractivity contribution in [3.63, 3.8) is 0 Å². The van der Waals surface area contributed by atoms with E-state index >= 15 is 0 Å². The van der Waals surface area contributed by atoms with Crippen LogP contribution in [0.4, 0.5) is 5.82 Å². The van der Waals surface area contributed by atoms with Gasteiger partial charge in [-0.05, 0) is 24.3 Å². The highest BCUT2D eigenvalue weighted by atomic mass is 32.1. The summed E-state index contributed by atoms with van der Waals surface area (Å²) >= 11 is 1.64. The van der Waals surface area contributed by atoms with Gasteiger partial charge in [0, 0.05) is 5.92 Å². The van der Waals surface area contributed by atoms with Crippen molar-refractivity contribution in [2.75, 3.05) is 5.73 Å². The van der Waals surface area contributed by atoms with Crippen LogP contribution >= 0.6 is 11.3 Å². The van der Waals surface area contributed by atoms with Crippen LogP contribution in [0.5, 0.6) is 0 Å². The van der Waals surface area contributed by atoms with Crippen molar-refractivity contribution >= 4 is 27.4 Å². The summed E-state index contributed by atoms with van der Waals surface area (Å²) in [5.74, 6) is 2.14. The second kappa shape index (κ2) is 3.45. The molecule has 0 aliphatic heterocycles. The fourth-order valence-electron chi connectivity index (χ4n) is 2.26. The molecule has 1 saturated carbocycles. The maximum Gasteiger partial charge on any atom is 0.135 e. The Labute approximate surface area is 92.4 Å². The van der Waals surface area contributed by atoms with Gasteiger partial charge in [0.25, 0.3) is 0 Å². The zero-order valence-corrected chi connectivity index (χ0v) is 9.26. The van der Waals surface area contributed by atoms with E-state index in [0.717, 1.165) is 16.0 Å². The minimum atomic E-state index is 0.541. The van der Waals surface area contributed by atoms with Crippen molar-refractivity contribution in [2.24, 2.45) is 0 Å². The second-order valence-corrected chi connectivity index (χ2v) is 4.98. The molecule has 2 heterocycles. The van der Waals surface area contributed by atoms with Gasteiger partial charge in [0.15, 0.2) is 0 Å². The predicted molar refractivity (Wildman–Crippen MR) is 63.0 cm³/mol. The zero-order chi connectivity index (χ0) is 10.3. The van der Waals surface area contributed by atoms with Crippen LogP contribution in [0.15, 0.2) is 11.4 Å². The number of nitrogens with zero attached hydrogens (tertiary/aromatic N) is 2. The lowest BCUT2D eigenvalue weighted by atomic mass is 10.1. The van der Waals surface area contributed by atoms with Gasteiger partial charge >= 0.3 is 0 Å². The van der Waals surface area contributed by atoms with Crippen molar-refractivity contribution in [1.82, 2.24) is 9.97 Å². The van der Waals surface area contributed by atoms with Crippen LogP contribution in [0.25, 0.3) is 10.2 Å². The highest BCUT2D eigenvalue weighted by Gasteiger charge is 2.20. The lowest BCUT2D eigenvalue weighted by Crippen LogP contribution is -2.03. The molecule has 0 amide bonds. The Balaban J connectivity index is 2.11. The minimum Gasteiger partial charge on any atom is -0.383 e. The number of hydrogen-bond donors (Lipinski definition) is 1. The van der Waals surface area contributed by atoms with Crippen molar-refractivity contribution in [1.29, 1.82) is 0 Å². The smallest absolute Gasteiger partial charge is 0.135 e. The molecule has 3 rings (SSSR count). The Hall–Kier alpha value is -1.16. The Bertz CT molecular complexity index is 486. The average molecular weight is 219 g/mol. The van der Waals surface area contributed by atoms with E-state index in [1.807, 2.05) is 11.4 Å². The first-order valence-electron chi connectivity index (χ1n) is 5.35. The van der Waals surface area contributed by atoms with Gasteiger partial charge in [-0.3, -0.25) is 0 Å². The van der Waals surface area contributed by atoms with Gasteiger partial charge in [0.1, 0.15) is 16.5 Å². The molecule has 0 bridgehead atoms. The van der Waals surface area contributed by atoms with Gasteiger partial charge < -0.3 is 5.73 Å². The lowest BCUT2D eigenvalue weighted by molar-refractivity contribution is 0.674. The number of anilines is 1. The van der Waals surface area contributed by atoms with Gasteiger partial charge in [-0.2, -0.15) is 0 Å². The SMILES string of the molecule is Nc1nc(C2CCCC2)nc2sccc12. The quantitative estimate of drug-likeness (QED) is 0.802. The number of fused-ring (bicyclic) bond motifs is 1. The van der Waals surface area contributed by atoms with Crippen molar-refractivity contribution in [3.8, 4) is 0 Å². The van der Waals surface area contributed by atoms with E-state index in [4.69, 9.17) is 5.73 Å². The number of nitrogen functional groups attached to an aromatic ring is 1. The third-order valence-electron chi connectivity index (χ3n) is 3.09. The molecule has 2 N–H and O–H groups in total. The molecule has 4 heteroatoms. The fourth-order valence-corrected chi connectivity index (χ4v) is 3.04. The number of nitrogens with two attached hydrogens (primary N) is 1. The fraction of sp³-hybridized carbons (Fsp3) is 0.455. The Morgan fingerprint density at radius 1 is 1.27 bits per heavy atom. The summed E-state index contributed by atoms with van der Waals surface area (Å²) in [5.41, 5.74) is 5.92. The summed E-state index contributed by atoms with van der Waals surface area (Å²) in [4.78, 5) is 10.1. The first-order valence-corrected chi connectivity index (χ1v) is 6.23. The number of hydrogen-bond acceptors (Lipinski definition) is 4. The number of aromatic nitrogens is 2. The van der Waals surface area contributed by atoms with Crippen LogP contribution in [-0.4, -0.2) is 9.97 Å². The molecule has 0 radical (unpaired) electrons. The molecule has 0 unspecified atom stereocenters. The van der Waals surface area contributed by atoms with E-state index in [-0.39, 0.29) is 0 Å². The van der Waals surface area contributed by atoms with E-state index < -0.39 is 0 Å². The molecule has 15 heavy (non-hydrogen) atoms. The summed E-state index contributed by atoms with van der Waals surface area (Å²) in [7, 11) is 0. The molecule has 78 valence electrons. The first kappa shape index (κ1) is 9.09. The Morgan fingerprint density at radius 2 is 2.07 bits per heavy atom. The van der Waals surface area contributed by atoms with Crippen LogP contribution < -0.4 is 5.73 Å². The van der Waals surface area contributed by atoms with Gasteiger partial charge in [0.05, 0.1) is 5.39 Å². The van der Waals surface area contributed by atoms with Gasteiger partial charge in [-0.1, -0.05) is 12.8 Å². The predicted octanol–water partition coefficient (Wildman–Crippen LogP) is 2.93. The van der Waals surface area contributed by atoms with E-state index in [1.54, 1.807) is 11.3 Å². The van der Waals surface area contributed by atoms with Crippen LogP contribution in [0.1, 0.15) is 37.4 Å². The van der Waals surface area contributed by atoms with E-state index in [0.29, 0.717) is 11.7 Å². The van der Waals surface area contributed by atoms with Crippen LogP contribution in [0, 0.1) is 0 Å². The summed E-state index contributed by atoms with van der Waals surface area (Å²) in [5, 5.41) is 3.02. The topological polar surface area (TPSA) is 51.8 Å². The molecular formula is C11H13N3S. The number of rotatable bonds is 1. The molecule has 0 atom stereocenters. The summed E-state index contributed by atoms with van der Waals surface area (Å²) in [6, 6.07) is 1.99. The van der Waals surface area contributed by atoms with Crippen molar-refractivity contribution in [2.45, 2.75) is 31.6 Å². The molecule has 3 nitrogen and oxygen atoms in total. The summed E-state index contributed by atoms with van der Waals surface area (Å²) in [6.07, 6.45) is 5.04. The van der Waals surface area contributed by atoms with Gasteiger partial charge in [-0.15, -0.1) is 11.3 Å². The zero-order valence-electron chi connectivity index (χ0n) is 8.44. The molecule has 2 aromatic heterocycles. The molecule has 0 aromatic carbocycles. The average Bonchev–Trinajstić information content (AvgIpc) is 2.88. The summed E-state index contributed by atoms with van der Waals surface area (Å²) < 4.78 is 0. The highest BCUT2D eigenvalue weighted by Crippen LogP contribution is 2.34. The van der Waals surface area contributed by atoms with Crippen LogP contribution in [0.3, 0.4) is 0 Å². The van der Waals surface area contributed by atoms with Gasteiger partial charge in [0.2, 0.25) is 0 Å². The Kier molecular flexibility index (Phi) is 2.09. The molecular weight excluding hydrogens is 206 g/mol. The molecule has 1 aliphatic carbocycles. The normalized spacial score (nSPS) is 17.6. The first-order chi connectivity index (χ1) is 7.34. The minimum absolute atomic E-state index is 0.541. The molecule has 1 aliphatic rings. The second-order valence-electron chi connectivity index (χ2n) is 4.09. The maximum atomic E-state index is 5.92. The Morgan fingerprint density at radius 3 is 2.87 bits per heavy atom. The maximum absolute atomic E-state index is 5.92. The number of thiophene rings is 1. The standard InChI is InChI=1S/C11H13N3S/c12-9-8-5-6-15-11(8)14-10(13-9)7-3-1-2-4-7/h5-7H,1-4H2,(H2,12,13,14). The molecule has 0 saturated heterocycles. The molecule has 0 spiro atoms. The van der Waals surface area contributed by atoms with Crippen LogP contribution in [0.2, 0.25) is 0 Å². The van der Waals surface area contributed by atoms with E-state index in [9.17, 15) is 0 Å². The van der Waals surface area contributed by atoms with E-state index in [1.165, 1.54) is 25.7 Å². The third kappa shape index (κ3) is 1.49. The van der Waals surface area contributed by atoms with Crippen molar-refractivity contribution < 1.29 is 0 Å². The third-order valence-corrected chi connectivity index (χ3v) is 3.90. The van der Waals surface area contributed by atoms with E-state index in [2.05, 4.69) is 9.97 Å². The molecule has 1 fully saturated rings. The van der Waals surface area contributed by atoms with Crippen LogP contribution in [-0.2, 0) is 0 Å². The monoisotopic (exact) mass is 219 g/mol. The lowest BCUT2D eigenvalue weighted by Gasteiger charge is -2.07. The highest BCUT2D eigenvalue weighted by molar-refractivity contribution is 7.16. The summed E-state index contributed by atoms with van der Waals surface area (Å²) in [6.45, 7) is 0. The van der Waals surface area contributed by atoms with Gasteiger partial charge in [-0.25, -0.2) is 9.97 Å².